The summed E-state index contributed by atoms with van der Waals surface area (Å²) in [6, 6.07) is 17.2. The van der Waals surface area contributed by atoms with Gasteiger partial charge in [-0.15, -0.1) is 0 Å². The monoisotopic (exact) mass is 397 g/mol. The number of hydrogen-bond acceptors (Lipinski definition) is 4. The van der Waals surface area contributed by atoms with E-state index in [1.807, 2.05) is 69.3 Å². The third kappa shape index (κ3) is 3.74. The molecule has 0 atom stereocenters. The van der Waals surface area contributed by atoms with Crippen molar-refractivity contribution < 1.29 is 9.59 Å². The van der Waals surface area contributed by atoms with Crippen LogP contribution in [0.3, 0.4) is 0 Å². The van der Waals surface area contributed by atoms with Gasteiger partial charge in [-0.3, -0.25) is 19.5 Å². The Morgan fingerprint density at radius 3 is 2.43 bits per heavy atom. The number of aromatic nitrogens is 1. The molecule has 1 N–H and O–H groups in total. The summed E-state index contributed by atoms with van der Waals surface area (Å²) in [5, 5.41) is 3.21. The minimum atomic E-state index is -0.335. The van der Waals surface area contributed by atoms with Gasteiger partial charge in [-0.05, 0) is 66.8 Å². The number of nitrogens with one attached hydrogen (secondary N) is 1. The van der Waals surface area contributed by atoms with Gasteiger partial charge in [0.2, 0.25) is 0 Å². The summed E-state index contributed by atoms with van der Waals surface area (Å²) in [5.41, 5.74) is 6.28. The van der Waals surface area contributed by atoms with Gasteiger partial charge >= 0.3 is 0 Å². The maximum atomic E-state index is 13.4. The van der Waals surface area contributed by atoms with E-state index in [4.69, 9.17) is 0 Å². The molecule has 0 bridgehead atoms. The Bertz CT molecular complexity index is 1170. The van der Waals surface area contributed by atoms with Crippen LogP contribution in [0.5, 0.6) is 0 Å². The Balaban J connectivity index is 1.77. The number of aryl methyl sites for hydroxylation is 3. The second kappa shape index (κ2) is 7.95. The molecule has 0 radical (unpaired) electrons. The number of amides is 2. The van der Waals surface area contributed by atoms with Gasteiger partial charge in [-0.1, -0.05) is 36.4 Å². The summed E-state index contributed by atoms with van der Waals surface area (Å²) in [6.07, 6.45) is 3.34. The third-order valence-corrected chi connectivity index (χ3v) is 5.31. The molecule has 0 saturated heterocycles. The highest BCUT2D eigenvalue weighted by Crippen LogP contribution is 2.32. The zero-order valence-corrected chi connectivity index (χ0v) is 17.3. The molecule has 0 unspecified atom stereocenters. The topological polar surface area (TPSA) is 62.3 Å². The minimum absolute atomic E-state index is 0.179. The van der Waals surface area contributed by atoms with E-state index in [1.165, 1.54) is 4.90 Å². The van der Waals surface area contributed by atoms with E-state index < -0.39 is 0 Å². The first-order valence-corrected chi connectivity index (χ1v) is 9.85. The van der Waals surface area contributed by atoms with E-state index in [-0.39, 0.29) is 18.4 Å². The van der Waals surface area contributed by atoms with Crippen molar-refractivity contribution in [2.45, 2.75) is 27.3 Å². The lowest BCUT2D eigenvalue weighted by atomic mass is 9.99. The predicted molar refractivity (Wildman–Crippen MR) is 117 cm³/mol. The summed E-state index contributed by atoms with van der Waals surface area (Å²) in [7, 11) is 0. The molecule has 30 heavy (non-hydrogen) atoms. The van der Waals surface area contributed by atoms with E-state index in [0.29, 0.717) is 11.3 Å². The van der Waals surface area contributed by atoms with Crippen LogP contribution in [0.4, 0.5) is 5.69 Å². The van der Waals surface area contributed by atoms with Crippen LogP contribution in [0.25, 0.3) is 5.57 Å². The molecule has 0 aliphatic carbocycles. The minimum Gasteiger partial charge on any atom is -0.350 e. The quantitative estimate of drug-likeness (QED) is 0.648. The van der Waals surface area contributed by atoms with Gasteiger partial charge in [-0.25, -0.2) is 0 Å². The summed E-state index contributed by atoms with van der Waals surface area (Å²) in [5.74, 6) is -0.638. The van der Waals surface area contributed by atoms with Gasteiger partial charge in [0.25, 0.3) is 11.8 Å². The number of nitrogens with zero attached hydrogens (tertiary/aromatic N) is 2. The molecule has 0 fully saturated rings. The number of hydrogen-bond donors (Lipinski definition) is 1. The lowest BCUT2D eigenvalue weighted by Gasteiger charge is -2.15. The summed E-state index contributed by atoms with van der Waals surface area (Å²) < 4.78 is 0. The van der Waals surface area contributed by atoms with Gasteiger partial charge < -0.3 is 5.32 Å². The van der Waals surface area contributed by atoms with Gasteiger partial charge in [0.15, 0.2) is 0 Å². The van der Waals surface area contributed by atoms with Gasteiger partial charge in [0, 0.05) is 18.1 Å². The number of anilines is 1. The van der Waals surface area contributed by atoms with Crippen molar-refractivity contribution in [2.75, 3.05) is 5.32 Å². The summed E-state index contributed by atoms with van der Waals surface area (Å²) >= 11 is 0. The average molecular weight is 397 g/mol. The lowest BCUT2D eigenvalue weighted by molar-refractivity contribution is -0.137. The number of carbonyl (C=O) groups excluding carboxylic acids is 2. The average Bonchev–Trinajstić information content (AvgIpc) is 2.95. The predicted octanol–water partition coefficient (Wildman–Crippen LogP) is 4.40. The molecule has 0 spiro atoms. The molecule has 5 nitrogen and oxygen atoms in total. The van der Waals surface area contributed by atoms with Gasteiger partial charge in [0.1, 0.15) is 5.70 Å². The smallest absolute Gasteiger partial charge is 0.278 e. The van der Waals surface area contributed by atoms with E-state index in [0.717, 1.165) is 33.5 Å². The van der Waals surface area contributed by atoms with E-state index in [1.54, 1.807) is 18.5 Å². The molecule has 3 aromatic rings. The fraction of sp³-hybridized carbons (Fsp3) is 0.160. The Hall–Kier alpha value is -3.73. The number of rotatable bonds is 5. The number of carbonyl (C=O) groups is 2. The van der Waals surface area contributed by atoms with E-state index >= 15 is 0 Å². The molecule has 2 heterocycles. The first-order valence-electron chi connectivity index (χ1n) is 9.85. The second-order valence-corrected chi connectivity index (χ2v) is 7.60. The van der Waals surface area contributed by atoms with Crippen molar-refractivity contribution >= 4 is 23.1 Å². The van der Waals surface area contributed by atoms with Crippen molar-refractivity contribution in [1.29, 1.82) is 0 Å². The molecule has 2 amide bonds. The largest absolute Gasteiger partial charge is 0.350 e. The van der Waals surface area contributed by atoms with E-state index in [2.05, 4.69) is 10.3 Å². The van der Waals surface area contributed by atoms with Crippen molar-refractivity contribution in [3.05, 3.63) is 101 Å². The van der Waals surface area contributed by atoms with Crippen LogP contribution in [0.1, 0.15) is 27.8 Å². The molecule has 150 valence electrons. The third-order valence-electron chi connectivity index (χ3n) is 5.31. The van der Waals surface area contributed by atoms with Crippen LogP contribution in [0, 0.1) is 20.8 Å². The van der Waals surface area contributed by atoms with Crippen molar-refractivity contribution in [3.63, 3.8) is 0 Å². The molecular formula is C25H23N3O2. The molecule has 0 saturated carbocycles. The standard InChI is InChI=1S/C25H23N3O2/c1-16-6-4-8-21(12-16)27-23-22(20-10-9-17(2)18(3)13-20)24(29)28(25(23)30)15-19-7-5-11-26-14-19/h4-14,27H,15H2,1-3H3. The van der Waals surface area contributed by atoms with Gasteiger partial charge in [0.05, 0.1) is 12.1 Å². The molecule has 2 aromatic carbocycles. The van der Waals surface area contributed by atoms with Crippen LogP contribution >= 0.6 is 0 Å². The molecule has 1 aliphatic rings. The number of pyridine rings is 1. The molecule has 5 heteroatoms. The maximum Gasteiger partial charge on any atom is 0.278 e. The van der Waals surface area contributed by atoms with Gasteiger partial charge in [-0.2, -0.15) is 0 Å². The van der Waals surface area contributed by atoms with Crippen LogP contribution in [0.15, 0.2) is 72.7 Å². The van der Waals surface area contributed by atoms with E-state index in [9.17, 15) is 9.59 Å². The lowest BCUT2D eigenvalue weighted by Crippen LogP contribution is -2.32. The Labute approximate surface area is 176 Å². The Morgan fingerprint density at radius 1 is 0.900 bits per heavy atom. The van der Waals surface area contributed by atoms with Crippen LogP contribution < -0.4 is 5.32 Å². The second-order valence-electron chi connectivity index (χ2n) is 7.60. The summed E-state index contributed by atoms with van der Waals surface area (Å²) in [6.45, 7) is 6.19. The van der Waals surface area contributed by atoms with Crippen molar-refractivity contribution in [1.82, 2.24) is 9.88 Å². The van der Waals surface area contributed by atoms with Crippen LogP contribution in [-0.4, -0.2) is 21.7 Å². The molecular weight excluding hydrogens is 374 g/mol. The normalized spacial score (nSPS) is 13.9. The highest BCUT2D eigenvalue weighted by molar-refractivity contribution is 6.36. The molecule has 1 aliphatic heterocycles. The highest BCUT2D eigenvalue weighted by Gasteiger charge is 2.39. The zero-order chi connectivity index (χ0) is 21.3. The SMILES string of the molecule is Cc1cccc(NC2=C(c3ccc(C)c(C)c3)C(=O)N(Cc3cccnc3)C2=O)c1. The fourth-order valence-electron chi connectivity index (χ4n) is 3.54. The Morgan fingerprint density at radius 2 is 1.73 bits per heavy atom. The highest BCUT2D eigenvalue weighted by atomic mass is 16.2. The number of benzene rings is 2. The first-order chi connectivity index (χ1) is 14.4. The first kappa shape index (κ1) is 19.6. The molecule has 4 rings (SSSR count). The summed E-state index contributed by atoms with van der Waals surface area (Å²) in [4.78, 5) is 32.1. The Kier molecular flexibility index (Phi) is 5.19. The van der Waals surface area contributed by atoms with Crippen LogP contribution in [0.2, 0.25) is 0 Å². The van der Waals surface area contributed by atoms with Crippen LogP contribution in [-0.2, 0) is 16.1 Å². The fourth-order valence-corrected chi connectivity index (χ4v) is 3.54. The molecule has 1 aromatic heterocycles. The number of imide groups is 1. The zero-order valence-electron chi connectivity index (χ0n) is 17.3. The maximum absolute atomic E-state index is 13.4. The van der Waals surface area contributed by atoms with Crippen molar-refractivity contribution in [3.8, 4) is 0 Å². The van der Waals surface area contributed by atoms with Crippen molar-refractivity contribution in [2.24, 2.45) is 0 Å².